The predicted octanol–water partition coefficient (Wildman–Crippen LogP) is 5.39. The van der Waals surface area contributed by atoms with Gasteiger partial charge in [0.1, 0.15) is 11.5 Å². The van der Waals surface area contributed by atoms with Crippen molar-refractivity contribution in [2.45, 2.75) is 49.7 Å². The summed E-state index contributed by atoms with van der Waals surface area (Å²) in [7, 11) is 0. The lowest BCUT2D eigenvalue weighted by atomic mass is 9.98. The fourth-order valence-electron chi connectivity index (χ4n) is 4.62. The zero-order chi connectivity index (χ0) is 31.1. The molecule has 3 heterocycles. The number of fused-ring (bicyclic) bond motifs is 2. The Morgan fingerprint density at radius 2 is 1.56 bits per heavy atom. The molecule has 1 fully saturated rings. The number of likely N-dealkylation sites (tertiary alicyclic amines) is 1. The molecule has 3 aromatic rings. The highest BCUT2D eigenvalue weighted by Gasteiger charge is 2.62. The van der Waals surface area contributed by atoms with E-state index >= 15 is 0 Å². The van der Waals surface area contributed by atoms with Gasteiger partial charge in [0, 0.05) is 13.0 Å². The number of nitrogens with zero attached hydrogens (tertiary/aromatic N) is 1. The van der Waals surface area contributed by atoms with E-state index < -0.39 is 51.4 Å². The first-order chi connectivity index (χ1) is 20.5. The molecule has 11 heteroatoms. The van der Waals surface area contributed by atoms with Crippen LogP contribution in [-0.2, 0) is 34.4 Å². The van der Waals surface area contributed by atoms with Crippen LogP contribution in [0.4, 0.5) is 0 Å². The fraction of sp³-hybridized carbons (Fsp3) is 0.281. The molecular weight excluding hydrogens is 592 g/mol. The standard InChI is InChI=1S/C26H29ClN2O6S.C6H4O/c1-17(2)23(29-22(31)15-26(29,28-19(4)30)36(33)34-16-18(3)27)25(32)35-24(20-11-7-5-8-12-20)21-13-9-6-10-14-21;1-2-5-4-6(3-1)7-5/h5-14,18,23-24H,1,15-16H2,2-4H3,(H,28,30);1-4H. The molecule has 6 rings (SSSR count). The summed E-state index contributed by atoms with van der Waals surface area (Å²) >= 11 is 3.70. The number of carbonyl (C=O) groups excluding carboxylic acids is 3. The summed E-state index contributed by atoms with van der Waals surface area (Å²) < 4.78 is 29.5. The van der Waals surface area contributed by atoms with Crippen molar-refractivity contribution < 1.29 is 32.2 Å². The zero-order valence-corrected chi connectivity index (χ0v) is 25.6. The summed E-state index contributed by atoms with van der Waals surface area (Å²) in [5, 5.41) is 2.09. The number of rotatable bonds is 11. The SMILES string of the molecule is C=C(C)C(C(=O)OC(c1ccccc1)c1ccccc1)N1C(=O)CC1(NC(C)=O)S(=O)OCC(C)Cl.c1cc2cc(c1)O2. The van der Waals surface area contributed by atoms with Crippen molar-refractivity contribution in [3.63, 3.8) is 0 Å². The van der Waals surface area contributed by atoms with Gasteiger partial charge in [-0.3, -0.25) is 18.7 Å². The third kappa shape index (κ3) is 7.51. The van der Waals surface area contributed by atoms with E-state index in [4.69, 9.17) is 25.3 Å². The van der Waals surface area contributed by atoms with Crippen LogP contribution >= 0.6 is 11.6 Å². The smallest absolute Gasteiger partial charge is 0.334 e. The molecule has 2 bridgehead atoms. The number of alkyl halides is 1. The predicted molar refractivity (Wildman–Crippen MR) is 163 cm³/mol. The molecule has 3 aliphatic heterocycles. The number of hydrogen-bond acceptors (Lipinski definition) is 7. The number of amides is 2. The summed E-state index contributed by atoms with van der Waals surface area (Å²) in [4.78, 5) is 37.8. The number of ether oxygens (including phenoxy) is 2. The number of benzene rings is 3. The first kappa shape index (κ1) is 31.9. The van der Waals surface area contributed by atoms with Gasteiger partial charge in [-0.1, -0.05) is 73.3 Å². The van der Waals surface area contributed by atoms with E-state index in [0.717, 1.165) is 27.5 Å². The lowest BCUT2D eigenvalue weighted by Gasteiger charge is -2.52. The minimum atomic E-state index is -2.23. The number of carbonyl (C=O) groups is 3. The Hall–Kier alpha value is -3.99. The Bertz CT molecular complexity index is 1440. The third-order valence-corrected chi connectivity index (χ3v) is 8.00. The summed E-state index contributed by atoms with van der Waals surface area (Å²) in [6.45, 7) is 8.21. The van der Waals surface area contributed by atoms with Crippen LogP contribution in [0.5, 0.6) is 11.5 Å². The normalized spacial score (nSPS) is 18.4. The molecule has 226 valence electrons. The quantitative estimate of drug-likeness (QED) is 0.103. The van der Waals surface area contributed by atoms with Crippen LogP contribution in [0.3, 0.4) is 0 Å². The van der Waals surface area contributed by atoms with Crippen molar-refractivity contribution in [2.75, 3.05) is 6.61 Å². The Labute approximate surface area is 258 Å². The molecule has 0 saturated carbocycles. The monoisotopic (exact) mass is 624 g/mol. The number of β-lactam (4-membered cyclic amide) rings is 1. The average Bonchev–Trinajstić information content (AvgIpc) is 2.97. The first-order valence-electron chi connectivity index (χ1n) is 13.6. The third-order valence-electron chi connectivity index (χ3n) is 6.53. The molecule has 0 radical (unpaired) electrons. The van der Waals surface area contributed by atoms with Gasteiger partial charge < -0.3 is 14.8 Å². The second-order valence-electron chi connectivity index (χ2n) is 10.2. The fourth-order valence-corrected chi connectivity index (χ4v) is 6.12. The van der Waals surface area contributed by atoms with Crippen molar-refractivity contribution in [3.8, 4) is 11.5 Å². The van der Waals surface area contributed by atoms with Gasteiger partial charge in [0.15, 0.2) is 12.1 Å². The summed E-state index contributed by atoms with van der Waals surface area (Å²) in [6.07, 6.45) is -1.10. The van der Waals surface area contributed by atoms with Crippen molar-refractivity contribution in [1.82, 2.24) is 10.2 Å². The Balaban J connectivity index is 0.000000520. The van der Waals surface area contributed by atoms with E-state index in [0.29, 0.717) is 0 Å². The molecular formula is C32H33ClN2O7S. The molecule has 3 aliphatic rings. The Morgan fingerprint density at radius 3 is 1.93 bits per heavy atom. The van der Waals surface area contributed by atoms with Crippen LogP contribution in [0.1, 0.15) is 44.4 Å². The maximum absolute atomic E-state index is 13.6. The lowest BCUT2D eigenvalue weighted by Crippen LogP contribution is -2.77. The molecule has 1 saturated heterocycles. The van der Waals surface area contributed by atoms with Crippen molar-refractivity contribution in [1.29, 1.82) is 0 Å². The van der Waals surface area contributed by atoms with Gasteiger partial charge in [-0.2, -0.15) is 0 Å². The molecule has 2 amide bonds. The van der Waals surface area contributed by atoms with Crippen LogP contribution in [0.25, 0.3) is 0 Å². The van der Waals surface area contributed by atoms with E-state index in [1.54, 1.807) is 13.8 Å². The second kappa shape index (κ2) is 14.0. The Morgan fingerprint density at radius 1 is 1.02 bits per heavy atom. The van der Waals surface area contributed by atoms with Gasteiger partial charge >= 0.3 is 5.97 Å². The van der Waals surface area contributed by atoms with Crippen LogP contribution in [0.15, 0.2) is 97.1 Å². The van der Waals surface area contributed by atoms with E-state index in [2.05, 4.69) is 11.9 Å². The molecule has 0 spiro atoms. The molecule has 43 heavy (non-hydrogen) atoms. The van der Waals surface area contributed by atoms with Crippen LogP contribution in [-0.4, -0.2) is 49.9 Å². The molecule has 4 atom stereocenters. The molecule has 1 N–H and O–H groups in total. The number of halogens is 1. The van der Waals surface area contributed by atoms with Crippen molar-refractivity contribution >= 4 is 40.5 Å². The zero-order valence-electron chi connectivity index (χ0n) is 24.0. The van der Waals surface area contributed by atoms with Gasteiger partial charge in [0.25, 0.3) is 0 Å². The van der Waals surface area contributed by atoms with Gasteiger partial charge in [0.05, 0.1) is 18.4 Å². The maximum atomic E-state index is 13.6. The maximum Gasteiger partial charge on any atom is 0.334 e. The minimum Gasteiger partial charge on any atom is -0.457 e. The second-order valence-corrected chi connectivity index (χ2v) is 12.3. The van der Waals surface area contributed by atoms with E-state index in [1.165, 1.54) is 6.92 Å². The molecule has 0 aliphatic carbocycles. The van der Waals surface area contributed by atoms with Gasteiger partial charge in [-0.25, -0.2) is 9.00 Å². The highest BCUT2D eigenvalue weighted by molar-refractivity contribution is 7.81. The topological polar surface area (TPSA) is 111 Å². The summed E-state index contributed by atoms with van der Waals surface area (Å²) in [5.41, 5.74) is 1.72. The molecule has 4 unspecified atom stereocenters. The van der Waals surface area contributed by atoms with Gasteiger partial charge in [0.2, 0.25) is 27.9 Å². The number of nitrogens with one attached hydrogen (secondary N) is 1. The largest absolute Gasteiger partial charge is 0.457 e. The Kier molecular flexibility index (Phi) is 10.4. The summed E-state index contributed by atoms with van der Waals surface area (Å²) in [6, 6.07) is 24.8. The summed E-state index contributed by atoms with van der Waals surface area (Å²) in [5.74, 6) is 0.116. The lowest BCUT2D eigenvalue weighted by molar-refractivity contribution is -0.171. The number of hydrogen-bond donors (Lipinski definition) is 1. The molecule has 0 aromatic heterocycles. The van der Waals surface area contributed by atoms with Crippen LogP contribution < -0.4 is 10.1 Å². The number of esters is 1. The first-order valence-corrected chi connectivity index (χ1v) is 15.1. The van der Waals surface area contributed by atoms with E-state index in [9.17, 15) is 18.6 Å². The van der Waals surface area contributed by atoms with Gasteiger partial charge in [-0.15, -0.1) is 11.6 Å². The average molecular weight is 625 g/mol. The van der Waals surface area contributed by atoms with Crippen LogP contribution in [0.2, 0.25) is 0 Å². The van der Waals surface area contributed by atoms with Crippen molar-refractivity contribution in [3.05, 3.63) is 108 Å². The molecule has 9 nitrogen and oxygen atoms in total. The van der Waals surface area contributed by atoms with E-state index in [-0.39, 0.29) is 18.6 Å². The minimum absolute atomic E-state index is 0.0934. The van der Waals surface area contributed by atoms with E-state index in [1.807, 2.05) is 84.9 Å². The van der Waals surface area contributed by atoms with Gasteiger partial charge in [-0.05, 0) is 42.7 Å². The highest BCUT2D eigenvalue weighted by atomic mass is 35.5. The molecule has 3 aromatic carbocycles. The highest BCUT2D eigenvalue weighted by Crippen LogP contribution is 2.39. The van der Waals surface area contributed by atoms with Crippen molar-refractivity contribution in [2.24, 2.45) is 0 Å². The van der Waals surface area contributed by atoms with Crippen LogP contribution in [0, 0.1) is 0 Å².